The molecule has 1 nitrogen and oxygen atoms in total. The quantitative estimate of drug-likeness (QED) is 0.386. The number of allylic oxidation sites excluding steroid dienone is 2. The first kappa shape index (κ1) is 13.5. The minimum atomic E-state index is 1.12. The third-order valence-electron chi connectivity index (χ3n) is 2.47. The van der Waals surface area contributed by atoms with Crippen LogP contribution in [-0.2, 0) is 4.74 Å². The largest absolute Gasteiger partial charge is 0.501 e. The van der Waals surface area contributed by atoms with Gasteiger partial charge in [-0.05, 0) is 25.3 Å². The molecule has 0 aliphatic rings. The second-order valence-corrected chi connectivity index (χ2v) is 3.83. The number of hydrogen-bond donors (Lipinski definition) is 0. The molecule has 0 heterocycles. The Morgan fingerprint density at radius 2 is 1.64 bits per heavy atom. The molecule has 0 radical (unpaired) electrons. The van der Waals surface area contributed by atoms with Gasteiger partial charge in [0.15, 0.2) is 0 Å². The zero-order chi connectivity index (χ0) is 10.6. The molecule has 0 rings (SSSR count). The maximum absolute atomic E-state index is 5.34. The summed E-state index contributed by atoms with van der Waals surface area (Å²) in [5.74, 6) is 1.19. The molecule has 0 bridgehead atoms. The molecular weight excluding hydrogens is 172 g/mol. The van der Waals surface area contributed by atoms with Crippen molar-refractivity contribution in [3.8, 4) is 0 Å². The maximum atomic E-state index is 5.34. The van der Waals surface area contributed by atoms with Crippen LogP contribution in [0.1, 0.15) is 65.2 Å². The zero-order valence-electron chi connectivity index (χ0n) is 10.1. The van der Waals surface area contributed by atoms with E-state index >= 15 is 0 Å². The second kappa shape index (κ2) is 10.6. The molecule has 0 atom stereocenters. The highest BCUT2D eigenvalue weighted by atomic mass is 16.5. The summed E-state index contributed by atoms with van der Waals surface area (Å²) < 4.78 is 5.34. The molecule has 0 spiro atoms. The van der Waals surface area contributed by atoms with E-state index in [1.165, 1.54) is 50.7 Å². The summed E-state index contributed by atoms with van der Waals surface area (Å²) >= 11 is 0. The average Bonchev–Trinajstić information content (AvgIpc) is 2.22. The number of hydrogen-bond acceptors (Lipinski definition) is 1. The average molecular weight is 198 g/mol. The van der Waals surface area contributed by atoms with E-state index in [9.17, 15) is 0 Å². The van der Waals surface area contributed by atoms with E-state index in [4.69, 9.17) is 4.74 Å². The van der Waals surface area contributed by atoms with Crippen molar-refractivity contribution in [3.05, 3.63) is 11.8 Å². The number of rotatable bonds is 9. The Hall–Kier alpha value is -0.460. The lowest BCUT2D eigenvalue weighted by molar-refractivity contribution is 0.272. The molecule has 14 heavy (non-hydrogen) atoms. The van der Waals surface area contributed by atoms with Crippen LogP contribution in [0, 0.1) is 0 Å². The van der Waals surface area contributed by atoms with Gasteiger partial charge in [-0.15, -0.1) is 0 Å². The van der Waals surface area contributed by atoms with E-state index in [0.29, 0.717) is 0 Å². The Balaban J connectivity index is 3.53. The van der Waals surface area contributed by atoms with E-state index in [2.05, 4.69) is 19.9 Å². The van der Waals surface area contributed by atoms with Crippen molar-refractivity contribution < 1.29 is 4.74 Å². The molecule has 0 aliphatic carbocycles. The minimum Gasteiger partial charge on any atom is -0.501 e. The summed E-state index contributed by atoms with van der Waals surface area (Å²) in [6.45, 7) is 4.47. The summed E-state index contributed by atoms with van der Waals surface area (Å²) in [7, 11) is 1.79. The van der Waals surface area contributed by atoms with Crippen molar-refractivity contribution in [2.24, 2.45) is 0 Å². The van der Waals surface area contributed by atoms with E-state index in [1.54, 1.807) is 7.11 Å². The van der Waals surface area contributed by atoms with Crippen LogP contribution >= 0.6 is 0 Å². The number of methoxy groups -OCH3 is 1. The molecule has 84 valence electrons. The van der Waals surface area contributed by atoms with Gasteiger partial charge in [-0.1, -0.05) is 39.5 Å². The van der Waals surface area contributed by atoms with Crippen molar-refractivity contribution in [1.29, 1.82) is 0 Å². The summed E-state index contributed by atoms with van der Waals surface area (Å²) in [6.07, 6.45) is 12.4. The van der Waals surface area contributed by atoms with Gasteiger partial charge in [0.25, 0.3) is 0 Å². The smallest absolute Gasteiger partial charge is 0.0915 e. The van der Waals surface area contributed by atoms with Gasteiger partial charge in [0.05, 0.1) is 12.9 Å². The molecule has 0 aromatic rings. The second-order valence-electron chi connectivity index (χ2n) is 3.83. The molecule has 0 saturated carbocycles. The van der Waals surface area contributed by atoms with E-state index in [1.807, 2.05) is 0 Å². The Bertz CT molecular complexity index is 138. The summed E-state index contributed by atoms with van der Waals surface area (Å²) in [4.78, 5) is 0. The predicted molar refractivity (Wildman–Crippen MR) is 63.4 cm³/mol. The Labute approximate surface area is 89.5 Å². The zero-order valence-corrected chi connectivity index (χ0v) is 10.1. The summed E-state index contributed by atoms with van der Waals surface area (Å²) in [6, 6.07) is 0. The van der Waals surface area contributed by atoms with Crippen molar-refractivity contribution in [1.82, 2.24) is 0 Å². The topological polar surface area (TPSA) is 9.23 Å². The predicted octanol–water partition coefficient (Wildman–Crippen LogP) is 4.68. The van der Waals surface area contributed by atoms with E-state index < -0.39 is 0 Å². The third-order valence-corrected chi connectivity index (χ3v) is 2.47. The highest BCUT2D eigenvalue weighted by Gasteiger charge is 1.95. The summed E-state index contributed by atoms with van der Waals surface area (Å²) in [5.41, 5.74) is 0. The fraction of sp³-hybridized carbons (Fsp3) is 0.846. The van der Waals surface area contributed by atoms with Gasteiger partial charge in [-0.25, -0.2) is 0 Å². The lowest BCUT2D eigenvalue weighted by Crippen LogP contribution is -1.88. The highest BCUT2D eigenvalue weighted by molar-refractivity contribution is 4.92. The van der Waals surface area contributed by atoms with Crippen LogP contribution in [0.15, 0.2) is 11.8 Å². The first-order valence-corrected chi connectivity index (χ1v) is 6.08. The molecular formula is C13H26O. The first-order chi connectivity index (χ1) is 6.85. The molecule has 0 aromatic carbocycles. The minimum absolute atomic E-state index is 1.12. The van der Waals surface area contributed by atoms with Gasteiger partial charge in [-0.2, -0.15) is 0 Å². The van der Waals surface area contributed by atoms with Crippen molar-refractivity contribution in [2.45, 2.75) is 65.2 Å². The molecule has 0 N–H and O–H groups in total. The van der Waals surface area contributed by atoms with Gasteiger partial charge < -0.3 is 4.74 Å². The standard InChI is InChI=1S/C13H26O/c1-4-6-8-10-12-13(14-3)11-9-7-5-2/h12H,4-11H2,1-3H3/b13-12+. The van der Waals surface area contributed by atoms with Crippen molar-refractivity contribution in [3.63, 3.8) is 0 Å². The van der Waals surface area contributed by atoms with Gasteiger partial charge in [0, 0.05) is 6.42 Å². The van der Waals surface area contributed by atoms with Crippen LogP contribution < -0.4 is 0 Å². The number of ether oxygens (including phenoxy) is 1. The third kappa shape index (κ3) is 8.15. The van der Waals surface area contributed by atoms with Gasteiger partial charge in [0.2, 0.25) is 0 Å². The Kier molecular flexibility index (Phi) is 10.3. The van der Waals surface area contributed by atoms with Crippen molar-refractivity contribution >= 4 is 0 Å². The molecule has 0 unspecified atom stereocenters. The molecule has 0 amide bonds. The Morgan fingerprint density at radius 1 is 1.00 bits per heavy atom. The van der Waals surface area contributed by atoms with Gasteiger partial charge in [-0.3, -0.25) is 0 Å². The van der Waals surface area contributed by atoms with Gasteiger partial charge in [0.1, 0.15) is 0 Å². The molecule has 1 heteroatoms. The molecule has 0 fully saturated rings. The lowest BCUT2D eigenvalue weighted by atomic mass is 10.1. The monoisotopic (exact) mass is 198 g/mol. The van der Waals surface area contributed by atoms with Crippen molar-refractivity contribution in [2.75, 3.05) is 7.11 Å². The van der Waals surface area contributed by atoms with E-state index in [-0.39, 0.29) is 0 Å². The molecule has 0 aliphatic heterocycles. The SMILES string of the molecule is CCCCC/C=C(\CCCCC)OC. The fourth-order valence-electron chi connectivity index (χ4n) is 1.49. The molecule has 0 aromatic heterocycles. The Morgan fingerprint density at radius 3 is 2.21 bits per heavy atom. The lowest BCUT2D eigenvalue weighted by Gasteiger charge is -2.05. The molecule has 0 saturated heterocycles. The van der Waals surface area contributed by atoms with Crippen LogP contribution in [0.25, 0.3) is 0 Å². The van der Waals surface area contributed by atoms with Crippen LogP contribution in [0.5, 0.6) is 0 Å². The van der Waals surface area contributed by atoms with Crippen LogP contribution in [0.3, 0.4) is 0 Å². The van der Waals surface area contributed by atoms with Crippen LogP contribution in [0.2, 0.25) is 0 Å². The maximum Gasteiger partial charge on any atom is 0.0915 e. The normalized spacial score (nSPS) is 11.8. The number of unbranched alkanes of at least 4 members (excludes halogenated alkanes) is 5. The van der Waals surface area contributed by atoms with E-state index in [0.717, 1.165) is 6.42 Å². The fourth-order valence-corrected chi connectivity index (χ4v) is 1.49. The van der Waals surface area contributed by atoms with Crippen LogP contribution in [-0.4, -0.2) is 7.11 Å². The van der Waals surface area contributed by atoms with Gasteiger partial charge >= 0.3 is 0 Å². The first-order valence-electron chi connectivity index (χ1n) is 6.08. The van der Waals surface area contributed by atoms with Crippen LogP contribution in [0.4, 0.5) is 0 Å². The summed E-state index contributed by atoms with van der Waals surface area (Å²) in [5, 5.41) is 0. The highest BCUT2D eigenvalue weighted by Crippen LogP contribution is 2.11.